The number of thioether (sulfide) groups is 1. The van der Waals surface area contributed by atoms with Gasteiger partial charge in [-0.2, -0.15) is 18.4 Å². The molecule has 1 unspecified atom stereocenters. The maximum atomic E-state index is 13.9. The Morgan fingerprint density at radius 1 is 1.09 bits per heavy atom. The number of imide groups is 1. The second-order valence-electron chi connectivity index (χ2n) is 9.25. The number of aromatic nitrogens is 1. The molecular weight excluding hydrogens is 683 g/mol. The first-order chi connectivity index (χ1) is 21.0. The predicted molar refractivity (Wildman–Crippen MR) is 159 cm³/mol. The third-order valence-electron chi connectivity index (χ3n) is 6.40. The van der Waals surface area contributed by atoms with Crippen molar-refractivity contribution in [2.75, 3.05) is 11.5 Å². The van der Waals surface area contributed by atoms with E-state index in [4.69, 9.17) is 4.74 Å². The summed E-state index contributed by atoms with van der Waals surface area (Å²) in [5, 5.41) is 9.81. The van der Waals surface area contributed by atoms with Crippen molar-refractivity contribution in [3.8, 4) is 16.6 Å². The van der Waals surface area contributed by atoms with Crippen LogP contribution in [0.15, 0.2) is 81.6 Å². The van der Waals surface area contributed by atoms with Crippen LogP contribution >= 0.6 is 39.0 Å². The van der Waals surface area contributed by atoms with Crippen molar-refractivity contribution >= 4 is 68.3 Å². The van der Waals surface area contributed by atoms with Crippen LogP contribution in [0.4, 0.5) is 18.9 Å². The predicted octanol–water partition coefficient (Wildman–Crippen LogP) is 6.93. The zero-order valence-electron chi connectivity index (χ0n) is 22.1. The lowest BCUT2D eigenvalue weighted by atomic mass is 10.1. The average molecular weight is 701 g/mol. The monoisotopic (exact) mass is 699 g/mol. The molecule has 1 saturated heterocycles. The number of amides is 2. The van der Waals surface area contributed by atoms with Gasteiger partial charge in [-0.15, -0.1) is 11.3 Å². The Balaban J connectivity index is 1.31. The van der Waals surface area contributed by atoms with E-state index in [1.807, 2.05) is 0 Å². The molecule has 0 saturated carbocycles. The first kappa shape index (κ1) is 31.1. The average Bonchev–Trinajstić information content (AvgIpc) is 3.63. The summed E-state index contributed by atoms with van der Waals surface area (Å²) in [4.78, 5) is 56.5. The Hall–Kier alpha value is -4.32. The molecule has 0 spiro atoms. The molecule has 44 heavy (non-hydrogen) atoms. The first-order valence-corrected chi connectivity index (χ1v) is 15.2. The molecule has 1 fully saturated rings. The Morgan fingerprint density at radius 3 is 2.39 bits per heavy atom. The molecule has 0 radical (unpaired) electrons. The zero-order valence-corrected chi connectivity index (χ0v) is 25.3. The number of benzene rings is 2. The number of nitriles is 1. The summed E-state index contributed by atoms with van der Waals surface area (Å²) >= 11 is 5.06. The number of thiophene rings is 1. The van der Waals surface area contributed by atoms with E-state index in [2.05, 4.69) is 20.9 Å². The number of nitrogens with zero attached hydrogens (tertiary/aromatic N) is 3. The number of hydrogen-bond donors (Lipinski definition) is 0. The number of esters is 1. The second-order valence-corrected chi connectivity index (χ2v) is 12.3. The SMILES string of the molecule is N#Cc1c(C(F)(F)F)cc(-c2cccs2)nc1SC1CC(=O)N(c2ccc(C(=O)OCC(=O)c3ccc(Br)cc3)cc2)C1=O. The molecule has 0 N–H and O–H groups in total. The van der Waals surface area contributed by atoms with E-state index in [9.17, 15) is 37.6 Å². The van der Waals surface area contributed by atoms with Gasteiger partial charge in [0.15, 0.2) is 12.4 Å². The number of pyridine rings is 1. The number of halogens is 4. The van der Waals surface area contributed by atoms with E-state index < -0.39 is 52.7 Å². The maximum Gasteiger partial charge on any atom is 0.417 e. The van der Waals surface area contributed by atoms with Crippen LogP contribution in [0.2, 0.25) is 0 Å². The Morgan fingerprint density at radius 2 is 1.77 bits per heavy atom. The van der Waals surface area contributed by atoms with Crippen LogP contribution in [0.1, 0.15) is 38.3 Å². The molecule has 4 aromatic rings. The molecule has 2 aromatic carbocycles. The van der Waals surface area contributed by atoms with Gasteiger partial charge in [0.25, 0.3) is 0 Å². The first-order valence-electron chi connectivity index (χ1n) is 12.6. The third kappa shape index (κ3) is 6.59. The number of hydrogen-bond acceptors (Lipinski definition) is 9. The summed E-state index contributed by atoms with van der Waals surface area (Å²) in [5.41, 5.74) is -1.38. The van der Waals surface area contributed by atoms with Crippen molar-refractivity contribution in [2.45, 2.75) is 22.9 Å². The molecule has 5 rings (SSSR count). The largest absolute Gasteiger partial charge is 0.454 e. The minimum atomic E-state index is -4.86. The maximum absolute atomic E-state index is 13.9. The van der Waals surface area contributed by atoms with Crippen molar-refractivity contribution in [2.24, 2.45) is 0 Å². The molecule has 1 aliphatic heterocycles. The molecule has 1 aliphatic rings. The Kier molecular flexibility index (Phi) is 9.00. The molecule has 1 atom stereocenters. The van der Waals surface area contributed by atoms with Crippen LogP contribution in [0, 0.1) is 11.3 Å². The normalized spacial score (nSPS) is 14.9. The lowest BCUT2D eigenvalue weighted by Crippen LogP contribution is -2.31. The van der Waals surface area contributed by atoms with Gasteiger partial charge in [-0.25, -0.2) is 14.7 Å². The fraction of sp³-hybridized carbons (Fsp3) is 0.133. The third-order valence-corrected chi connectivity index (χ3v) is 8.99. The topological polar surface area (TPSA) is 117 Å². The van der Waals surface area contributed by atoms with Gasteiger partial charge in [0.05, 0.1) is 38.2 Å². The minimum absolute atomic E-state index is 0.0107. The molecule has 14 heteroatoms. The molecule has 8 nitrogen and oxygen atoms in total. The summed E-state index contributed by atoms with van der Waals surface area (Å²) in [6.45, 7) is -0.493. The van der Waals surface area contributed by atoms with Crippen molar-refractivity contribution in [3.63, 3.8) is 0 Å². The van der Waals surface area contributed by atoms with E-state index in [0.29, 0.717) is 22.2 Å². The number of anilines is 1. The van der Waals surface area contributed by atoms with Gasteiger partial charge in [-0.3, -0.25) is 14.4 Å². The van der Waals surface area contributed by atoms with Gasteiger partial charge < -0.3 is 4.74 Å². The van der Waals surface area contributed by atoms with Crippen molar-refractivity contribution in [1.29, 1.82) is 5.26 Å². The quantitative estimate of drug-likeness (QED) is 0.110. The molecule has 2 amide bonds. The highest BCUT2D eigenvalue weighted by Gasteiger charge is 2.42. The summed E-state index contributed by atoms with van der Waals surface area (Å²) < 4.78 is 47.5. The number of ether oxygens (including phenoxy) is 1. The van der Waals surface area contributed by atoms with E-state index in [1.54, 1.807) is 47.8 Å². The van der Waals surface area contributed by atoms with Crippen molar-refractivity contribution in [3.05, 3.63) is 98.8 Å². The van der Waals surface area contributed by atoms with Gasteiger partial charge in [0, 0.05) is 16.5 Å². The van der Waals surface area contributed by atoms with Gasteiger partial charge in [-0.05, 0) is 53.9 Å². The Bertz CT molecular complexity index is 1810. The van der Waals surface area contributed by atoms with E-state index >= 15 is 0 Å². The summed E-state index contributed by atoms with van der Waals surface area (Å²) in [6.07, 6.45) is -5.20. The van der Waals surface area contributed by atoms with Crippen molar-refractivity contribution in [1.82, 2.24) is 4.98 Å². The highest BCUT2D eigenvalue weighted by molar-refractivity contribution is 9.10. The van der Waals surface area contributed by atoms with E-state index in [0.717, 1.165) is 26.8 Å². The van der Waals surface area contributed by atoms with Crippen LogP contribution in [0.3, 0.4) is 0 Å². The molecule has 0 aliphatic carbocycles. The lowest BCUT2D eigenvalue weighted by Gasteiger charge is -2.17. The lowest BCUT2D eigenvalue weighted by molar-refractivity contribution is -0.138. The zero-order chi connectivity index (χ0) is 31.6. The molecule has 2 aromatic heterocycles. The fourth-order valence-corrected chi connectivity index (χ4v) is 6.35. The van der Waals surface area contributed by atoms with Crippen LogP contribution < -0.4 is 4.90 Å². The standard InChI is InChI=1S/C30H17BrF3N3O5S2/c31-18-7-3-16(4-8-18)23(38)15-42-29(41)17-5-9-19(10-6-17)37-26(39)13-25(28(37)40)44-27-20(14-35)21(30(32,33)34)12-22(36-27)24-2-1-11-43-24/h1-12,25H,13,15H2. The highest BCUT2D eigenvalue weighted by atomic mass is 79.9. The molecule has 222 valence electrons. The van der Waals surface area contributed by atoms with Gasteiger partial charge >= 0.3 is 12.1 Å². The number of carbonyl (C=O) groups excluding carboxylic acids is 4. The number of alkyl halides is 3. The molecule has 0 bridgehead atoms. The number of ketones is 1. The second kappa shape index (κ2) is 12.7. The van der Waals surface area contributed by atoms with Gasteiger partial charge in [-0.1, -0.05) is 45.9 Å². The van der Waals surface area contributed by atoms with E-state index in [-0.39, 0.29) is 28.4 Å². The minimum Gasteiger partial charge on any atom is -0.454 e. The number of carbonyl (C=O) groups is 4. The number of rotatable bonds is 8. The molecular formula is C30H17BrF3N3O5S2. The van der Waals surface area contributed by atoms with Crippen LogP contribution in [0.25, 0.3) is 10.6 Å². The van der Waals surface area contributed by atoms with Crippen LogP contribution in [-0.4, -0.2) is 40.4 Å². The Labute approximate surface area is 264 Å². The fourth-order valence-electron chi connectivity index (χ4n) is 4.27. The van der Waals surface area contributed by atoms with Crippen LogP contribution in [0.5, 0.6) is 0 Å². The van der Waals surface area contributed by atoms with Crippen molar-refractivity contribution < 1.29 is 37.1 Å². The van der Waals surface area contributed by atoms with Crippen LogP contribution in [-0.2, 0) is 20.5 Å². The molecule has 3 heterocycles. The van der Waals surface area contributed by atoms with Gasteiger partial charge in [0.1, 0.15) is 11.1 Å². The summed E-state index contributed by atoms with van der Waals surface area (Å²) in [6, 6.07) is 17.4. The summed E-state index contributed by atoms with van der Waals surface area (Å²) in [5.74, 6) is -2.53. The van der Waals surface area contributed by atoms with Gasteiger partial charge in [0.2, 0.25) is 11.8 Å². The smallest absolute Gasteiger partial charge is 0.417 e. The number of Topliss-reactive ketones (excluding diaryl/α,β-unsaturated/α-hetero) is 1. The summed E-state index contributed by atoms with van der Waals surface area (Å²) in [7, 11) is 0. The highest BCUT2D eigenvalue weighted by Crippen LogP contribution is 2.41. The van der Waals surface area contributed by atoms with E-state index in [1.165, 1.54) is 24.3 Å².